The maximum Gasteiger partial charge on any atom is 0.258 e. The van der Waals surface area contributed by atoms with Gasteiger partial charge in [0.15, 0.2) is 12.4 Å². The van der Waals surface area contributed by atoms with Gasteiger partial charge in [-0.15, -0.1) is 0 Å². The molecule has 0 aliphatic rings. The van der Waals surface area contributed by atoms with Gasteiger partial charge in [0.25, 0.3) is 5.91 Å². The van der Waals surface area contributed by atoms with Crippen LogP contribution in [-0.4, -0.2) is 18.3 Å². The van der Waals surface area contributed by atoms with E-state index in [0.29, 0.717) is 21.4 Å². The quantitative estimate of drug-likeness (QED) is 0.769. The van der Waals surface area contributed by atoms with Crippen LogP contribution in [0.15, 0.2) is 42.5 Å². The van der Waals surface area contributed by atoms with Crippen molar-refractivity contribution in [2.24, 2.45) is 0 Å². The third-order valence-corrected chi connectivity index (χ3v) is 3.98. The smallest absolute Gasteiger partial charge is 0.258 e. The second kappa shape index (κ2) is 8.18. The van der Waals surface area contributed by atoms with E-state index in [-0.39, 0.29) is 24.3 Å². The highest BCUT2D eigenvalue weighted by molar-refractivity contribution is 6.35. The molecule has 0 saturated heterocycles. The Labute approximate surface area is 150 Å². The van der Waals surface area contributed by atoms with Crippen molar-refractivity contribution in [3.8, 4) is 5.75 Å². The molecule has 126 valence electrons. The average molecular weight is 366 g/mol. The van der Waals surface area contributed by atoms with Gasteiger partial charge < -0.3 is 10.1 Å². The fraction of sp³-hybridized carbons (Fsp3) is 0.222. The van der Waals surface area contributed by atoms with Gasteiger partial charge in [0, 0.05) is 15.6 Å². The first-order chi connectivity index (χ1) is 11.4. The summed E-state index contributed by atoms with van der Waals surface area (Å²) in [4.78, 5) is 23.4. The number of nitrogens with one attached hydrogen (secondary N) is 1. The molecule has 0 radical (unpaired) electrons. The number of hydrogen-bond donors (Lipinski definition) is 1. The molecule has 6 heteroatoms. The summed E-state index contributed by atoms with van der Waals surface area (Å²) in [7, 11) is 0. The number of hydrogen-bond acceptors (Lipinski definition) is 3. The lowest BCUT2D eigenvalue weighted by molar-refractivity contribution is -0.123. The number of rotatable bonds is 6. The van der Waals surface area contributed by atoms with Gasteiger partial charge in [0.05, 0.1) is 6.04 Å². The molecule has 0 spiro atoms. The third-order valence-electron chi connectivity index (χ3n) is 3.42. The highest BCUT2D eigenvalue weighted by Gasteiger charge is 2.13. The van der Waals surface area contributed by atoms with Crippen molar-refractivity contribution in [2.75, 3.05) is 6.61 Å². The Balaban J connectivity index is 1.93. The van der Waals surface area contributed by atoms with Gasteiger partial charge in [0.1, 0.15) is 5.75 Å². The predicted molar refractivity (Wildman–Crippen MR) is 95.0 cm³/mol. The maximum absolute atomic E-state index is 12.0. The Morgan fingerprint density at radius 3 is 2.58 bits per heavy atom. The van der Waals surface area contributed by atoms with Gasteiger partial charge in [-0.2, -0.15) is 0 Å². The van der Waals surface area contributed by atoms with Crippen LogP contribution in [0.4, 0.5) is 0 Å². The summed E-state index contributed by atoms with van der Waals surface area (Å²) in [6.45, 7) is 3.14. The van der Waals surface area contributed by atoms with Crippen LogP contribution in [0.1, 0.15) is 35.8 Å². The second-order valence-electron chi connectivity index (χ2n) is 5.33. The summed E-state index contributed by atoms with van der Waals surface area (Å²) in [5.41, 5.74) is 1.31. The fourth-order valence-corrected chi connectivity index (χ4v) is 2.74. The van der Waals surface area contributed by atoms with E-state index in [2.05, 4.69) is 5.32 Å². The van der Waals surface area contributed by atoms with Crippen molar-refractivity contribution in [3.05, 3.63) is 63.6 Å². The van der Waals surface area contributed by atoms with E-state index in [1.165, 1.54) is 6.92 Å². The normalized spacial score (nSPS) is 11.7. The molecule has 0 aromatic heterocycles. The number of amides is 1. The Kier molecular flexibility index (Phi) is 6.23. The van der Waals surface area contributed by atoms with Gasteiger partial charge >= 0.3 is 0 Å². The standard InChI is InChI=1S/C18H17Cl2NO3/c1-11(16-7-6-14(19)9-17(16)20)21-18(23)10-24-15-5-3-4-13(8-15)12(2)22/h3-9,11H,10H2,1-2H3,(H,21,23)/t11-/m0/s1. The van der Waals surface area contributed by atoms with Gasteiger partial charge in [-0.1, -0.05) is 41.4 Å². The Morgan fingerprint density at radius 2 is 1.92 bits per heavy atom. The molecule has 1 amide bonds. The predicted octanol–water partition coefficient (Wildman–Crippen LogP) is 4.45. The summed E-state index contributed by atoms with van der Waals surface area (Å²) in [6.07, 6.45) is 0. The number of ether oxygens (including phenoxy) is 1. The Hall–Kier alpha value is -2.04. The van der Waals surface area contributed by atoms with Crippen molar-refractivity contribution in [3.63, 3.8) is 0 Å². The molecule has 0 saturated carbocycles. The fourth-order valence-electron chi connectivity index (χ4n) is 2.17. The minimum atomic E-state index is -0.290. The molecule has 2 rings (SSSR count). The van der Waals surface area contributed by atoms with E-state index >= 15 is 0 Å². The van der Waals surface area contributed by atoms with Gasteiger partial charge in [-0.05, 0) is 43.7 Å². The summed E-state index contributed by atoms with van der Waals surface area (Å²) in [6, 6.07) is 11.5. The molecule has 0 bridgehead atoms. The topological polar surface area (TPSA) is 55.4 Å². The zero-order valence-corrected chi connectivity index (χ0v) is 14.8. The third kappa shape index (κ3) is 4.98. The number of carbonyl (C=O) groups is 2. The van der Waals surface area contributed by atoms with E-state index in [0.717, 1.165) is 5.56 Å². The summed E-state index contributed by atoms with van der Waals surface area (Å²) in [5.74, 6) is 0.118. The average Bonchev–Trinajstić information content (AvgIpc) is 2.53. The van der Waals surface area contributed by atoms with Crippen LogP contribution in [0.3, 0.4) is 0 Å². The molecule has 0 heterocycles. The first kappa shape index (κ1) is 18.3. The lowest BCUT2D eigenvalue weighted by atomic mass is 10.1. The van der Waals surface area contributed by atoms with Crippen molar-refractivity contribution < 1.29 is 14.3 Å². The van der Waals surface area contributed by atoms with E-state index in [1.54, 1.807) is 42.5 Å². The van der Waals surface area contributed by atoms with Crippen LogP contribution in [0.2, 0.25) is 10.0 Å². The Morgan fingerprint density at radius 1 is 1.17 bits per heavy atom. The van der Waals surface area contributed by atoms with Crippen molar-refractivity contribution >= 4 is 34.9 Å². The van der Waals surface area contributed by atoms with Crippen LogP contribution >= 0.6 is 23.2 Å². The van der Waals surface area contributed by atoms with E-state index in [4.69, 9.17) is 27.9 Å². The molecule has 4 nitrogen and oxygen atoms in total. The first-order valence-electron chi connectivity index (χ1n) is 7.35. The molecular weight excluding hydrogens is 349 g/mol. The van der Waals surface area contributed by atoms with Gasteiger partial charge in [0.2, 0.25) is 0 Å². The molecular formula is C18H17Cl2NO3. The largest absolute Gasteiger partial charge is 0.484 e. The lowest BCUT2D eigenvalue weighted by Gasteiger charge is -2.16. The SMILES string of the molecule is CC(=O)c1cccc(OCC(=O)N[C@@H](C)c2ccc(Cl)cc2Cl)c1. The zero-order valence-electron chi connectivity index (χ0n) is 13.3. The highest BCUT2D eigenvalue weighted by Crippen LogP contribution is 2.26. The minimum absolute atomic E-state index is 0.0593. The van der Waals surface area contributed by atoms with Gasteiger partial charge in [-0.25, -0.2) is 0 Å². The van der Waals surface area contributed by atoms with Crippen LogP contribution < -0.4 is 10.1 Å². The molecule has 2 aromatic carbocycles. The second-order valence-corrected chi connectivity index (χ2v) is 6.17. The zero-order chi connectivity index (χ0) is 17.7. The lowest BCUT2D eigenvalue weighted by Crippen LogP contribution is -2.31. The van der Waals surface area contributed by atoms with E-state index in [9.17, 15) is 9.59 Å². The van der Waals surface area contributed by atoms with Crippen molar-refractivity contribution in [2.45, 2.75) is 19.9 Å². The van der Waals surface area contributed by atoms with Crippen molar-refractivity contribution in [1.82, 2.24) is 5.32 Å². The minimum Gasteiger partial charge on any atom is -0.484 e. The van der Waals surface area contributed by atoms with Crippen molar-refractivity contribution in [1.29, 1.82) is 0 Å². The van der Waals surface area contributed by atoms with Crippen LogP contribution in [0.5, 0.6) is 5.75 Å². The molecule has 0 aliphatic heterocycles. The van der Waals surface area contributed by atoms with Crippen LogP contribution in [0, 0.1) is 0 Å². The number of halogens is 2. The molecule has 2 aromatic rings. The highest BCUT2D eigenvalue weighted by atomic mass is 35.5. The molecule has 0 aliphatic carbocycles. The molecule has 0 fully saturated rings. The van der Waals surface area contributed by atoms with Crippen LogP contribution in [0.25, 0.3) is 0 Å². The molecule has 24 heavy (non-hydrogen) atoms. The van der Waals surface area contributed by atoms with E-state index < -0.39 is 0 Å². The number of carbonyl (C=O) groups excluding carboxylic acids is 2. The summed E-state index contributed by atoms with van der Waals surface area (Å²) < 4.78 is 5.43. The molecule has 1 atom stereocenters. The summed E-state index contributed by atoms with van der Waals surface area (Å²) in [5, 5.41) is 3.83. The number of benzene rings is 2. The van der Waals surface area contributed by atoms with Gasteiger partial charge in [-0.3, -0.25) is 9.59 Å². The monoisotopic (exact) mass is 365 g/mol. The van der Waals surface area contributed by atoms with E-state index in [1.807, 2.05) is 6.92 Å². The number of Topliss-reactive ketones (excluding diaryl/α,β-unsaturated/α-hetero) is 1. The molecule has 1 N–H and O–H groups in total. The molecule has 0 unspecified atom stereocenters. The summed E-state index contributed by atoms with van der Waals surface area (Å²) >= 11 is 12.0. The Bertz CT molecular complexity index is 762. The first-order valence-corrected chi connectivity index (χ1v) is 8.10. The van der Waals surface area contributed by atoms with Crippen LogP contribution in [-0.2, 0) is 4.79 Å². The number of ketones is 1. The maximum atomic E-state index is 12.0.